The lowest BCUT2D eigenvalue weighted by Gasteiger charge is -2.12. The molecule has 0 aliphatic carbocycles. The molecule has 138 valence electrons. The number of halogens is 2. The highest BCUT2D eigenvalue weighted by atomic mass is 19.2. The summed E-state index contributed by atoms with van der Waals surface area (Å²) in [6, 6.07) is 9.64. The molecule has 5 nitrogen and oxygen atoms in total. The first-order valence-corrected chi connectivity index (χ1v) is 8.26. The second-order valence-corrected chi connectivity index (χ2v) is 5.89. The highest BCUT2D eigenvalue weighted by Gasteiger charge is 2.15. The average molecular weight is 369 g/mol. The van der Waals surface area contributed by atoms with Crippen molar-refractivity contribution < 1.29 is 18.3 Å². The van der Waals surface area contributed by atoms with Gasteiger partial charge in [-0.2, -0.15) is 4.39 Å². The number of aryl methyl sites for hydroxylation is 1. The maximum atomic E-state index is 14.0. The highest BCUT2D eigenvalue weighted by Crippen LogP contribution is 2.28. The van der Waals surface area contributed by atoms with Crippen molar-refractivity contribution in [2.24, 2.45) is 0 Å². The van der Waals surface area contributed by atoms with Gasteiger partial charge in [0.2, 0.25) is 17.6 Å². The van der Waals surface area contributed by atoms with Crippen molar-refractivity contribution in [1.82, 2.24) is 15.3 Å². The Kier molecular flexibility index (Phi) is 5.71. The van der Waals surface area contributed by atoms with Crippen molar-refractivity contribution in [3.05, 3.63) is 83.3 Å². The number of amides is 1. The minimum absolute atomic E-state index is 0.101. The Morgan fingerprint density at radius 2 is 1.85 bits per heavy atom. The summed E-state index contributed by atoms with van der Waals surface area (Å²) in [4.78, 5) is 20.1. The van der Waals surface area contributed by atoms with E-state index in [9.17, 15) is 13.6 Å². The van der Waals surface area contributed by atoms with Crippen LogP contribution in [0.15, 0.2) is 55.0 Å². The number of carbonyl (C=O) groups excluding carboxylic acids is 1. The molecule has 27 heavy (non-hydrogen) atoms. The first-order chi connectivity index (χ1) is 13.0. The monoisotopic (exact) mass is 369 g/mol. The molecule has 0 bridgehead atoms. The van der Waals surface area contributed by atoms with E-state index >= 15 is 0 Å². The molecule has 3 rings (SSSR count). The number of aromatic nitrogens is 2. The molecule has 7 heteroatoms. The molecule has 0 spiro atoms. The molecule has 0 saturated heterocycles. The lowest BCUT2D eigenvalue weighted by Crippen LogP contribution is -2.24. The van der Waals surface area contributed by atoms with Crippen LogP contribution >= 0.6 is 0 Å². The van der Waals surface area contributed by atoms with Crippen molar-refractivity contribution in [2.75, 3.05) is 0 Å². The summed E-state index contributed by atoms with van der Waals surface area (Å²) in [7, 11) is 0. The van der Waals surface area contributed by atoms with E-state index in [2.05, 4.69) is 15.3 Å². The van der Waals surface area contributed by atoms with Crippen molar-refractivity contribution in [2.45, 2.75) is 19.9 Å². The predicted octanol–water partition coefficient (Wildman–Crippen LogP) is 3.71. The third-order valence-electron chi connectivity index (χ3n) is 3.89. The van der Waals surface area contributed by atoms with Crippen LogP contribution in [0.5, 0.6) is 11.6 Å². The van der Waals surface area contributed by atoms with E-state index in [0.29, 0.717) is 5.56 Å². The number of hydrogen-bond acceptors (Lipinski definition) is 4. The van der Waals surface area contributed by atoms with Crippen molar-refractivity contribution in [1.29, 1.82) is 0 Å². The van der Waals surface area contributed by atoms with E-state index in [4.69, 9.17) is 4.74 Å². The van der Waals surface area contributed by atoms with Gasteiger partial charge in [0.15, 0.2) is 11.6 Å². The molecular weight excluding hydrogens is 352 g/mol. The fourth-order valence-electron chi connectivity index (χ4n) is 2.40. The standard InChI is InChI=1S/C20H17F2N3O2/c1-13-4-5-16(19(22)18(13)21)27-20-15(3-2-8-24-20)12-25-17(26)11-14-6-9-23-10-7-14/h2-10H,11-12H2,1H3,(H,25,26). The molecular formula is C20H17F2N3O2. The minimum atomic E-state index is -1.08. The molecule has 0 fully saturated rings. The first-order valence-electron chi connectivity index (χ1n) is 8.26. The Morgan fingerprint density at radius 3 is 2.63 bits per heavy atom. The second-order valence-electron chi connectivity index (χ2n) is 5.89. The van der Waals surface area contributed by atoms with E-state index in [0.717, 1.165) is 5.56 Å². The molecule has 0 unspecified atom stereocenters. The topological polar surface area (TPSA) is 64.1 Å². The highest BCUT2D eigenvalue weighted by molar-refractivity contribution is 5.78. The summed E-state index contributed by atoms with van der Waals surface area (Å²) < 4.78 is 33.2. The molecule has 0 aliphatic heterocycles. The number of hydrogen-bond donors (Lipinski definition) is 1. The number of nitrogens with one attached hydrogen (secondary N) is 1. The number of pyridine rings is 2. The van der Waals surface area contributed by atoms with Crippen LogP contribution in [0, 0.1) is 18.6 Å². The van der Waals surface area contributed by atoms with Crippen LogP contribution in [0.2, 0.25) is 0 Å². The molecule has 1 aromatic carbocycles. The smallest absolute Gasteiger partial charge is 0.224 e. The van der Waals surface area contributed by atoms with Crippen LogP contribution in [0.4, 0.5) is 8.78 Å². The Bertz CT molecular complexity index is 949. The summed E-state index contributed by atoms with van der Waals surface area (Å²) >= 11 is 0. The molecule has 1 amide bonds. The molecule has 0 aliphatic rings. The van der Waals surface area contributed by atoms with Gasteiger partial charge in [0.05, 0.1) is 6.42 Å². The zero-order valence-electron chi connectivity index (χ0n) is 14.6. The molecule has 0 atom stereocenters. The molecule has 2 heterocycles. The van der Waals surface area contributed by atoms with Gasteiger partial charge in [-0.05, 0) is 42.3 Å². The Morgan fingerprint density at radius 1 is 1.07 bits per heavy atom. The number of nitrogens with zero attached hydrogens (tertiary/aromatic N) is 2. The van der Waals surface area contributed by atoms with Gasteiger partial charge in [-0.3, -0.25) is 9.78 Å². The van der Waals surface area contributed by atoms with E-state index in [1.165, 1.54) is 25.3 Å². The van der Waals surface area contributed by atoms with Gasteiger partial charge < -0.3 is 10.1 Å². The van der Waals surface area contributed by atoms with Gasteiger partial charge in [0.25, 0.3) is 0 Å². The van der Waals surface area contributed by atoms with Crippen molar-refractivity contribution in [3.63, 3.8) is 0 Å². The largest absolute Gasteiger partial charge is 0.435 e. The lowest BCUT2D eigenvalue weighted by atomic mass is 10.2. The predicted molar refractivity (Wildman–Crippen MR) is 95.2 cm³/mol. The van der Waals surface area contributed by atoms with Gasteiger partial charge in [-0.25, -0.2) is 9.37 Å². The van der Waals surface area contributed by atoms with Crippen molar-refractivity contribution >= 4 is 5.91 Å². The lowest BCUT2D eigenvalue weighted by molar-refractivity contribution is -0.120. The fraction of sp³-hybridized carbons (Fsp3) is 0.150. The van der Waals surface area contributed by atoms with Gasteiger partial charge in [-0.1, -0.05) is 12.1 Å². The van der Waals surface area contributed by atoms with E-state index in [-0.39, 0.29) is 36.1 Å². The van der Waals surface area contributed by atoms with Gasteiger partial charge in [0, 0.05) is 30.7 Å². The molecule has 0 radical (unpaired) electrons. The summed E-state index contributed by atoms with van der Waals surface area (Å²) in [5, 5.41) is 2.76. The number of rotatable bonds is 6. The van der Waals surface area contributed by atoms with Crippen LogP contribution in [0.3, 0.4) is 0 Å². The third-order valence-corrected chi connectivity index (χ3v) is 3.89. The fourth-order valence-corrected chi connectivity index (χ4v) is 2.40. The molecule has 1 N–H and O–H groups in total. The quantitative estimate of drug-likeness (QED) is 0.719. The molecule has 2 aromatic heterocycles. The Balaban J connectivity index is 1.69. The normalized spacial score (nSPS) is 10.5. The van der Waals surface area contributed by atoms with Crippen LogP contribution in [-0.4, -0.2) is 15.9 Å². The second kappa shape index (κ2) is 8.35. The first kappa shape index (κ1) is 18.4. The maximum absolute atomic E-state index is 14.0. The summed E-state index contributed by atoms with van der Waals surface area (Å²) in [6.45, 7) is 1.61. The molecule has 0 saturated carbocycles. The van der Waals surface area contributed by atoms with Crippen LogP contribution in [-0.2, 0) is 17.8 Å². The van der Waals surface area contributed by atoms with E-state index in [1.54, 1.807) is 36.7 Å². The summed E-state index contributed by atoms with van der Waals surface area (Å²) in [5.41, 5.74) is 1.56. The van der Waals surface area contributed by atoms with Crippen LogP contribution in [0.25, 0.3) is 0 Å². The number of ether oxygens (including phenoxy) is 1. The molecule has 3 aromatic rings. The van der Waals surface area contributed by atoms with Gasteiger partial charge >= 0.3 is 0 Å². The number of carbonyl (C=O) groups is 1. The Hall–Kier alpha value is -3.35. The van der Waals surface area contributed by atoms with E-state index in [1.807, 2.05) is 0 Å². The zero-order chi connectivity index (χ0) is 19.2. The summed E-state index contributed by atoms with van der Waals surface area (Å²) in [6.07, 6.45) is 4.91. The Labute approximate surface area is 155 Å². The van der Waals surface area contributed by atoms with Crippen LogP contribution in [0.1, 0.15) is 16.7 Å². The van der Waals surface area contributed by atoms with Gasteiger partial charge in [0.1, 0.15) is 0 Å². The zero-order valence-corrected chi connectivity index (χ0v) is 14.6. The number of benzene rings is 1. The SMILES string of the molecule is Cc1ccc(Oc2ncccc2CNC(=O)Cc2ccncc2)c(F)c1F. The minimum Gasteiger partial charge on any atom is -0.435 e. The average Bonchev–Trinajstić information content (AvgIpc) is 2.68. The third kappa shape index (κ3) is 4.63. The van der Waals surface area contributed by atoms with Crippen LogP contribution < -0.4 is 10.1 Å². The maximum Gasteiger partial charge on any atom is 0.224 e. The van der Waals surface area contributed by atoms with Gasteiger partial charge in [-0.15, -0.1) is 0 Å². The van der Waals surface area contributed by atoms with Crippen molar-refractivity contribution in [3.8, 4) is 11.6 Å². The van der Waals surface area contributed by atoms with E-state index < -0.39 is 11.6 Å². The summed E-state index contributed by atoms with van der Waals surface area (Å²) in [5.74, 6) is -2.39.